The third kappa shape index (κ3) is 3.27. The third-order valence-electron chi connectivity index (χ3n) is 3.30. The summed E-state index contributed by atoms with van der Waals surface area (Å²) >= 11 is 0. The van der Waals surface area contributed by atoms with Gasteiger partial charge in [0.2, 0.25) is 0 Å². The third-order valence-corrected chi connectivity index (χ3v) is 3.30. The summed E-state index contributed by atoms with van der Waals surface area (Å²) in [5, 5.41) is 0. The van der Waals surface area contributed by atoms with Gasteiger partial charge in [-0.15, -0.1) is 0 Å². The maximum Gasteiger partial charge on any atom is 0.160 e. The summed E-state index contributed by atoms with van der Waals surface area (Å²) in [4.78, 5) is 8.45. The van der Waals surface area contributed by atoms with Gasteiger partial charge in [-0.1, -0.05) is 5.92 Å². The number of aromatic nitrogens is 3. The molecule has 3 rings (SSSR count). The molecule has 23 heavy (non-hydrogen) atoms. The molecule has 0 saturated heterocycles. The van der Waals surface area contributed by atoms with Crippen molar-refractivity contribution in [3.8, 4) is 17.5 Å². The molecule has 5 heteroatoms. The van der Waals surface area contributed by atoms with Crippen LogP contribution in [0.2, 0.25) is 0 Å². The van der Waals surface area contributed by atoms with Gasteiger partial charge in [-0.05, 0) is 44.0 Å². The van der Waals surface area contributed by atoms with E-state index in [1.165, 1.54) is 6.07 Å². The van der Waals surface area contributed by atoms with Crippen molar-refractivity contribution >= 4 is 0 Å². The molecule has 3 nitrogen and oxygen atoms in total. The number of benzene rings is 1. The van der Waals surface area contributed by atoms with E-state index in [1.54, 1.807) is 23.9 Å². The number of rotatable bonds is 1. The summed E-state index contributed by atoms with van der Waals surface area (Å²) in [5.74, 6) is 4.86. The number of hydrogen-bond donors (Lipinski definition) is 0. The van der Waals surface area contributed by atoms with Crippen LogP contribution in [0.4, 0.5) is 8.78 Å². The van der Waals surface area contributed by atoms with Gasteiger partial charge in [0.1, 0.15) is 11.5 Å². The number of nitrogens with zero attached hydrogens (tertiary/aromatic N) is 3. The highest BCUT2D eigenvalue weighted by atomic mass is 19.2. The lowest BCUT2D eigenvalue weighted by molar-refractivity contribution is 0.508. The van der Waals surface area contributed by atoms with E-state index in [9.17, 15) is 8.78 Å². The van der Waals surface area contributed by atoms with E-state index in [0.717, 1.165) is 23.4 Å². The first kappa shape index (κ1) is 14.9. The van der Waals surface area contributed by atoms with Gasteiger partial charge < -0.3 is 4.57 Å². The van der Waals surface area contributed by atoms with Gasteiger partial charge in [-0.3, -0.25) is 4.98 Å². The summed E-state index contributed by atoms with van der Waals surface area (Å²) < 4.78 is 28.1. The first-order valence-electron chi connectivity index (χ1n) is 6.99. The largest absolute Gasteiger partial charge is 0.303 e. The molecule has 0 aliphatic rings. The summed E-state index contributed by atoms with van der Waals surface area (Å²) in [7, 11) is 0. The Morgan fingerprint density at radius 2 is 1.83 bits per heavy atom. The van der Waals surface area contributed by atoms with Crippen molar-refractivity contribution in [3.63, 3.8) is 0 Å². The molecular formula is C18H13F2N3. The molecule has 0 saturated carbocycles. The molecule has 0 fully saturated rings. The Kier molecular flexibility index (Phi) is 3.90. The van der Waals surface area contributed by atoms with Crippen molar-refractivity contribution < 1.29 is 8.78 Å². The molecule has 1 aromatic carbocycles. The van der Waals surface area contributed by atoms with E-state index in [2.05, 4.69) is 21.8 Å². The van der Waals surface area contributed by atoms with E-state index >= 15 is 0 Å². The fraction of sp³-hybridized carbons (Fsp3) is 0.111. The quantitative estimate of drug-likeness (QED) is 0.644. The summed E-state index contributed by atoms with van der Waals surface area (Å²) in [6.07, 6.45) is 3.40. The van der Waals surface area contributed by atoms with Crippen LogP contribution in [0.3, 0.4) is 0 Å². The van der Waals surface area contributed by atoms with E-state index < -0.39 is 11.6 Å². The Labute approximate surface area is 132 Å². The molecule has 2 aromatic heterocycles. The van der Waals surface area contributed by atoms with Crippen LogP contribution in [0, 0.1) is 37.3 Å². The lowest BCUT2D eigenvalue weighted by Crippen LogP contribution is -1.97. The second kappa shape index (κ2) is 6.01. The minimum atomic E-state index is -0.893. The lowest BCUT2D eigenvalue weighted by Gasteiger charge is -2.04. The monoisotopic (exact) mass is 309 g/mol. The Morgan fingerprint density at radius 1 is 1.00 bits per heavy atom. The van der Waals surface area contributed by atoms with Crippen LogP contribution < -0.4 is 0 Å². The zero-order valence-corrected chi connectivity index (χ0v) is 12.6. The van der Waals surface area contributed by atoms with Crippen LogP contribution in [0.15, 0.2) is 42.7 Å². The molecule has 0 spiro atoms. The van der Waals surface area contributed by atoms with E-state index in [4.69, 9.17) is 0 Å². The normalized spacial score (nSPS) is 10.3. The minimum absolute atomic E-state index is 0.502. The highest BCUT2D eigenvalue weighted by Gasteiger charge is 2.08. The van der Waals surface area contributed by atoms with Crippen LogP contribution in [0.1, 0.15) is 22.8 Å². The first-order chi connectivity index (χ1) is 11.0. The molecule has 2 heterocycles. The van der Waals surface area contributed by atoms with Crippen LogP contribution in [0.5, 0.6) is 0 Å². The van der Waals surface area contributed by atoms with Crippen LogP contribution in [-0.4, -0.2) is 14.5 Å². The van der Waals surface area contributed by atoms with Gasteiger partial charge in [-0.25, -0.2) is 13.8 Å². The molecule has 0 unspecified atom stereocenters. The highest BCUT2D eigenvalue weighted by Crippen LogP contribution is 2.15. The molecule has 114 valence electrons. The van der Waals surface area contributed by atoms with Gasteiger partial charge in [-0.2, -0.15) is 0 Å². The van der Waals surface area contributed by atoms with Crippen molar-refractivity contribution in [2.75, 3.05) is 0 Å². The van der Waals surface area contributed by atoms with Gasteiger partial charge in [0.05, 0.1) is 0 Å². The molecule has 0 N–H and O–H groups in total. The Bertz CT molecular complexity index is 933. The maximum absolute atomic E-state index is 13.4. The molecule has 0 bridgehead atoms. The number of halogens is 2. The van der Waals surface area contributed by atoms with E-state index in [1.807, 2.05) is 19.1 Å². The number of hydrogen-bond acceptors (Lipinski definition) is 2. The van der Waals surface area contributed by atoms with Crippen molar-refractivity contribution in [3.05, 3.63) is 77.1 Å². The molecule has 0 amide bonds. The standard InChI is InChI=1S/C18H13F2N3/c1-12-9-14(7-8-21-12)3-4-15-11-23(13(2)22-15)16-5-6-17(19)18(20)10-16/h5-11H,1-2H3. The average Bonchev–Trinajstić information content (AvgIpc) is 2.89. The molecule has 0 aliphatic carbocycles. The number of imidazole rings is 1. The van der Waals surface area contributed by atoms with Crippen LogP contribution in [0.25, 0.3) is 5.69 Å². The average molecular weight is 309 g/mol. The Balaban J connectivity index is 1.94. The van der Waals surface area contributed by atoms with E-state index in [-0.39, 0.29) is 0 Å². The Hall–Kier alpha value is -3.00. The highest BCUT2D eigenvalue weighted by molar-refractivity contribution is 5.42. The van der Waals surface area contributed by atoms with Crippen LogP contribution >= 0.6 is 0 Å². The fourth-order valence-corrected chi connectivity index (χ4v) is 2.19. The second-order valence-corrected chi connectivity index (χ2v) is 5.08. The van der Waals surface area contributed by atoms with Crippen LogP contribution in [-0.2, 0) is 0 Å². The molecule has 3 aromatic rings. The van der Waals surface area contributed by atoms with Crippen molar-refractivity contribution in [2.45, 2.75) is 13.8 Å². The SMILES string of the molecule is Cc1cc(C#Cc2cn(-c3ccc(F)c(F)c3)c(C)n2)ccn1. The number of aryl methyl sites for hydroxylation is 2. The number of pyridine rings is 1. The molecule has 0 atom stereocenters. The lowest BCUT2D eigenvalue weighted by atomic mass is 10.2. The second-order valence-electron chi connectivity index (χ2n) is 5.08. The zero-order valence-electron chi connectivity index (χ0n) is 12.6. The topological polar surface area (TPSA) is 30.7 Å². The minimum Gasteiger partial charge on any atom is -0.303 e. The molecule has 0 aliphatic heterocycles. The fourth-order valence-electron chi connectivity index (χ4n) is 2.19. The smallest absolute Gasteiger partial charge is 0.160 e. The van der Waals surface area contributed by atoms with Gasteiger partial charge in [0.15, 0.2) is 11.6 Å². The maximum atomic E-state index is 13.4. The van der Waals surface area contributed by atoms with Crippen molar-refractivity contribution in [1.29, 1.82) is 0 Å². The molecule has 0 radical (unpaired) electrons. The first-order valence-corrected chi connectivity index (χ1v) is 6.99. The summed E-state index contributed by atoms with van der Waals surface area (Å²) in [5.41, 5.74) is 2.79. The van der Waals surface area contributed by atoms with E-state index in [0.29, 0.717) is 17.2 Å². The summed E-state index contributed by atoms with van der Waals surface area (Å²) in [6.45, 7) is 3.68. The van der Waals surface area contributed by atoms with Crippen molar-refractivity contribution in [1.82, 2.24) is 14.5 Å². The predicted octanol–water partition coefficient (Wildman–Crippen LogP) is 3.56. The van der Waals surface area contributed by atoms with Gasteiger partial charge >= 0.3 is 0 Å². The summed E-state index contributed by atoms with van der Waals surface area (Å²) in [6, 6.07) is 7.42. The predicted molar refractivity (Wildman–Crippen MR) is 83.2 cm³/mol. The van der Waals surface area contributed by atoms with Gasteiger partial charge in [0, 0.05) is 35.4 Å². The zero-order chi connectivity index (χ0) is 16.4. The Morgan fingerprint density at radius 3 is 2.57 bits per heavy atom. The molecular weight excluding hydrogens is 296 g/mol. The van der Waals surface area contributed by atoms with Gasteiger partial charge in [0.25, 0.3) is 0 Å². The van der Waals surface area contributed by atoms with Crippen molar-refractivity contribution in [2.24, 2.45) is 0 Å².